The molecule has 20 heavy (non-hydrogen) atoms. The fourth-order valence-electron chi connectivity index (χ4n) is 2.47. The molecule has 2 rings (SSSR count). The highest BCUT2D eigenvalue weighted by atomic mass is 35.5. The first kappa shape index (κ1) is 15.2. The zero-order valence-corrected chi connectivity index (χ0v) is 13.7. The van der Waals surface area contributed by atoms with Gasteiger partial charge in [-0.3, -0.25) is 0 Å². The fourth-order valence-corrected chi connectivity index (χ4v) is 2.89. The first-order chi connectivity index (χ1) is 9.41. The lowest BCUT2D eigenvalue weighted by Gasteiger charge is -2.19. The molecular formula is C18H23ClO. The van der Waals surface area contributed by atoms with Crippen LogP contribution in [0.4, 0.5) is 0 Å². The topological polar surface area (TPSA) is 13.1 Å². The molecule has 0 saturated heterocycles. The standard InChI is InChI=1S/C18H23ClO/c1-11(2)14-6-7-15(16(10-14)12(3)4)17(19)18-13(5)8-9-20-18/h6-12,17H,1-5H3. The maximum atomic E-state index is 6.67. The third kappa shape index (κ3) is 2.93. The van der Waals surface area contributed by atoms with E-state index >= 15 is 0 Å². The summed E-state index contributed by atoms with van der Waals surface area (Å²) in [6, 6.07) is 8.59. The van der Waals surface area contributed by atoms with Gasteiger partial charge in [0.2, 0.25) is 0 Å². The molecule has 0 spiro atoms. The molecule has 2 heteroatoms. The van der Waals surface area contributed by atoms with Gasteiger partial charge >= 0.3 is 0 Å². The molecule has 1 aromatic carbocycles. The van der Waals surface area contributed by atoms with Crippen LogP contribution in [0.1, 0.15) is 72.9 Å². The van der Waals surface area contributed by atoms with Gasteiger partial charge in [-0.2, -0.15) is 0 Å². The van der Waals surface area contributed by atoms with Crippen molar-refractivity contribution >= 4 is 11.6 Å². The molecule has 0 radical (unpaired) electrons. The summed E-state index contributed by atoms with van der Waals surface area (Å²) < 4.78 is 5.56. The molecule has 0 aliphatic heterocycles. The lowest BCUT2D eigenvalue weighted by atomic mass is 9.89. The molecule has 108 valence electrons. The Kier molecular flexibility index (Phi) is 4.59. The molecule has 1 unspecified atom stereocenters. The normalized spacial score (nSPS) is 13.2. The fraction of sp³-hybridized carbons (Fsp3) is 0.444. The van der Waals surface area contributed by atoms with E-state index in [9.17, 15) is 0 Å². The minimum atomic E-state index is -0.219. The monoisotopic (exact) mass is 290 g/mol. The molecule has 0 aliphatic carbocycles. The molecule has 0 bridgehead atoms. The number of hydrogen-bond donors (Lipinski definition) is 0. The number of halogens is 1. The van der Waals surface area contributed by atoms with Crippen LogP contribution in [-0.4, -0.2) is 0 Å². The first-order valence-electron chi connectivity index (χ1n) is 7.23. The molecule has 0 N–H and O–H groups in total. The van der Waals surface area contributed by atoms with Gasteiger partial charge in [0.05, 0.1) is 6.26 Å². The maximum absolute atomic E-state index is 6.67. The zero-order chi connectivity index (χ0) is 14.9. The van der Waals surface area contributed by atoms with Gasteiger partial charge in [0.25, 0.3) is 0 Å². The average Bonchev–Trinajstić information content (AvgIpc) is 2.83. The van der Waals surface area contributed by atoms with E-state index in [-0.39, 0.29) is 5.38 Å². The van der Waals surface area contributed by atoms with Gasteiger partial charge in [-0.1, -0.05) is 45.9 Å². The van der Waals surface area contributed by atoms with E-state index in [1.165, 1.54) is 11.1 Å². The average molecular weight is 291 g/mol. The van der Waals surface area contributed by atoms with Gasteiger partial charge in [-0.15, -0.1) is 11.6 Å². The van der Waals surface area contributed by atoms with Crippen LogP contribution in [0, 0.1) is 6.92 Å². The van der Waals surface area contributed by atoms with Crippen molar-refractivity contribution in [3.05, 3.63) is 58.5 Å². The quantitative estimate of drug-likeness (QED) is 0.614. The number of hydrogen-bond acceptors (Lipinski definition) is 1. The number of benzene rings is 1. The van der Waals surface area contributed by atoms with Crippen molar-refractivity contribution in [2.45, 2.75) is 51.8 Å². The van der Waals surface area contributed by atoms with Gasteiger partial charge < -0.3 is 4.42 Å². The first-order valence-corrected chi connectivity index (χ1v) is 7.67. The molecule has 1 nitrogen and oxygen atoms in total. The maximum Gasteiger partial charge on any atom is 0.128 e. The summed E-state index contributed by atoms with van der Waals surface area (Å²) in [5.74, 6) is 1.83. The van der Waals surface area contributed by atoms with E-state index in [0.29, 0.717) is 11.8 Å². The van der Waals surface area contributed by atoms with Crippen molar-refractivity contribution < 1.29 is 4.42 Å². The highest BCUT2D eigenvalue weighted by molar-refractivity contribution is 6.22. The van der Waals surface area contributed by atoms with Crippen molar-refractivity contribution in [1.29, 1.82) is 0 Å². The van der Waals surface area contributed by atoms with E-state index in [1.807, 2.05) is 13.0 Å². The third-order valence-corrected chi connectivity index (χ3v) is 4.24. The lowest BCUT2D eigenvalue weighted by Crippen LogP contribution is -2.03. The summed E-state index contributed by atoms with van der Waals surface area (Å²) in [5, 5.41) is -0.219. The van der Waals surface area contributed by atoms with Crippen LogP contribution in [0.25, 0.3) is 0 Å². The second-order valence-corrected chi connectivity index (χ2v) is 6.46. The van der Waals surface area contributed by atoms with Crippen molar-refractivity contribution in [3.63, 3.8) is 0 Å². The Labute approximate surface area is 127 Å². The number of alkyl halides is 1. The number of furan rings is 1. The smallest absolute Gasteiger partial charge is 0.128 e. The summed E-state index contributed by atoms with van der Waals surface area (Å²) >= 11 is 6.67. The van der Waals surface area contributed by atoms with Crippen molar-refractivity contribution in [2.75, 3.05) is 0 Å². The lowest BCUT2D eigenvalue weighted by molar-refractivity contribution is 0.512. The zero-order valence-electron chi connectivity index (χ0n) is 12.9. The van der Waals surface area contributed by atoms with Crippen LogP contribution in [-0.2, 0) is 0 Å². The van der Waals surface area contributed by atoms with E-state index in [1.54, 1.807) is 6.26 Å². The molecule has 1 heterocycles. The molecule has 2 aromatic rings. The second kappa shape index (κ2) is 6.05. The van der Waals surface area contributed by atoms with Gasteiger partial charge in [0.1, 0.15) is 11.1 Å². The summed E-state index contributed by atoms with van der Waals surface area (Å²) in [7, 11) is 0. The Morgan fingerprint density at radius 1 is 0.950 bits per heavy atom. The van der Waals surface area contributed by atoms with E-state index in [0.717, 1.165) is 16.9 Å². The number of aryl methyl sites for hydroxylation is 1. The van der Waals surface area contributed by atoms with Gasteiger partial charge in [0.15, 0.2) is 0 Å². The van der Waals surface area contributed by atoms with Crippen molar-refractivity contribution in [2.24, 2.45) is 0 Å². The van der Waals surface area contributed by atoms with Crippen LogP contribution in [0.15, 0.2) is 34.9 Å². The molecule has 1 atom stereocenters. The summed E-state index contributed by atoms with van der Waals surface area (Å²) in [6.45, 7) is 10.9. The second-order valence-electron chi connectivity index (χ2n) is 6.03. The van der Waals surface area contributed by atoms with E-state index in [4.69, 9.17) is 16.0 Å². The van der Waals surface area contributed by atoms with Crippen LogP contribution < -0.4 is 0 Å². The number of rotatable bonds is 4. The summed E-state index contributed by atoms with van der Waals surface area (Å²) in [6.07, 6.45) is 1.71. The Balaban J connectivity index is 2.48. The Bertz CT molecular complexity index is 581. The molecule has 0 aliphatic rings. The molecule has 0 amide bonds. The molecule has 0 saturated carbocycles. The van der Waals surface area contributed by atoms with Crippen molar-refractivity contribution in [1.82, 2.24) is 0 Å². The molecule has 0 fully saturated rings. The van der Waals surface area contributed by atoms with Crippen molar-refractivity contribution in [3.8, 4) is 0 Å². The predicted octanol–water partition coefficient (Wildman–Crippen LogP) is 6.16. The molecular weight excluding hydrogens is 268 g/mol. The van der Waals surface area contributed by atoms with Crippen LogP contribution in [0.2, 0.25) is 0 Å². The minimum Gasteiger partial charge on any atom is -0.467 e. The van der Waals surface area contributed by atoms with Gasteiger partial charge in [-0.25, -0.2) is 0 Å². The molecule has 1 aromatic heterocycles. The largest absolute Gasteiger partial charge is 0.467 e. The van der Waals surface area contributed by atoms with E-state index < -0.39 is 0 Å². The third-order valence-electron chi connectivity index (χ3n) is 3.80. The van der Waals surface area contributed by atoms with Gasteiger partial charge in [-0.05, 0) is 47.1 Å². The predicted molar refractivity (Wildman–Crippen MR) is 85.8 cm³/mol. The Hall–Kier alpha value is -1.21. The summed E-state index contributed by atoms with van der Waals surface area (Å²) in [5.41, 5.74) is 4.93. The van der Waals surface area contributed by atoms with Crippen LogP contribution >= 0.6 is 11.6 Å². The van der Waals surface area contributed by atoms with Crippen LogP contribution in [0.5, 0.6) is 0 Å². The Morgan fingerprint density at radius 3 is 2.15 bits per heavy atom. The Morgan fingerprint density at radius 2 is 1.65 bits per heavy atom. The summed E-state index contributed by atoms with van der Waals surface area (Å²) in [4.78, 5) is 0. The van der Waals surface area contributed by atoms with Crippen LogP contribution in [0.3, 0.4) is 0 Å². The minimum absolute atomic E-state index is 0.219. The van der Waals surface area contributed by atoms with Gasteiger partial charge in [0, 0.05) is 0 Å². The highest BCUT2D eigenvalue weighted by Gasteiger charge is 2.21. The van der Waals surface area contributed by atoms with E-state index in [2.05, 4.69) is 45.9 Å². The SMILES string of the molecule is Cc1ccoc1C(Cl)c1ccc(C(C)C)cc1C(C)C. The highest BCUT2D eigenvalue weighted by Crippen LogP contribution is 2.37.